The molecule has 1 rings (SSSR count). The fourth-order valence-corrected chi connectivity index (χ4v) is 1.86. The molecule has 1 aliphatic rings. The van der Waals surface area contributed by atoms with E-state index in [9.17, 15) is 9.59 Å². The molecule has 98 valence electrons. The smallest absolute Gasteiger partial charge is 0.234 e. The first-order chi connectivity index (χ1) is 8.08. The Hall–Kier alpha value is -1.14. The van der Waals surface area contributed by atoms with Crippen LogP contribution in [-0.2, 0) is 9.59 Å². The van der Waals surface area contributed by atoms with E-state index in [0.717, 1.165) is 19.6 Å². The van der Waals surface area contributed by atoms with Gasteiger partial charge in [0, 0.05) is 45.7 Å². The zero-order chi connectivity index (χ0) is 12.7. The molecule has 0 aromatic heterocycles. The van der Waals surface area contributed by atoms with Crippen LogP contribution in [0.2, 0.25) is 0 Å². The van der Waals surface area contributed by atoms with Crippen LogP contribution in [-0.4, -0.2) is 62.0 Å². The average Bonchev–Trinajstić information content (AvgIpc) is 2.24. The van der Waals surface area contributed by atoms with Crippen LogP contribution in [0.25, 0.3) is 0 Å². The van der Waals surface area contributed by atoms with Gasteiger partial charge in [0.1, 0.15) is 0 Å². The molecule has 6 nitrogen and oxygen atoms in total. The van der Waals surface area contributed by atoms with Gasteiger partial charge in [-0.1, -0.05) is 0 Å². The summed E-state index contributed by atoms with van der Waals surface area (Å²) in [4.78, 5) is 24.3. The lowest BCUT2D eigenvalue weighted by molar-refractivity contribution is -0.123. The van der Waals surface area contributed by atoms with Crippen molar-refractivity contribution in [3.8, 4) is 0 Å². The van der Waals surface area contributed by atoms with Crippen LogP contribution in [0.15, 0.2) is 0 Å². The first kappa shape index (κ1) is 13.9. The van der Waals surface area contributed by atoms with Gasteiger partial charge in [0.15, 0.2) is 0 Å². The van der Waals surface area contributed by atoms with Crippen LogP contribution in [0.3, 0.4) is 0 Å². The Bertz CT molecular complexity index is 270. The van der Waals surface area contributed by atoms with Crippen molar-refractivity contribution in [3.05, 3.63) is 0 Å². The number of hydrogen-bond acceptors (Lipinski definition) is 4. The Morgan fingerprint density at radius 1 is 1.35 bits per heavy atom. The second-order valence-corrected chi connectivity index (χ2v) is 4.42. The molecule has 3 N–H and O–H groups in total. The van der Waals surface area contributed by atoms with Gasteiger partial charge < -0.3 is 16.0 Å². The van der Waals surface area contributed by atoms with Crippen molar-refractivity contribution >= 4 is 11.8 Å². The maximum Gasteiger partial charge on any atom is 0.234 e. The van der Waals surface area contributed by atoms with Gasteiger partial charge in [0.05, 0.1) is 6.54 Å². The third kappa shape index (κ3) is 6.23. The average molecular weight is 242 g/mol. The van der Waals surface area contributed by atoms with Gasteiger partial charge in [-0.25, -0.2) is 0 Å². The fourth-order valence-electron chi connectivity index (χ4n) is 1.86. The number of nitrogens with zero attached hydrogens (tertiary/aromatic N) is 1. The van der Waals surface area contributed by atoms with E-state index in [0.29, 0.717) is 25.7 Å². The maximum absolute atomic E-state index is 11.6. The molecule has 1 saturated heterocycles. The lowest BCUT2D eigenvalue weighted by Gasteiger charge is -2.31. The minimum atomic E-state index is -0.0739. The monoisotopic (exact) mass is 242 g/mol. The van der Waals surface area contributed by atoms with E-state index in [4.69, 9.17) is 0 Å². The molecule has 1 atom stereocenters. The second kappa shape index (κ2) is 7.24. The summed E-state index contributed by atoms with van der Waals surface area (Å²) in [5, 5.41) is 8.75. The minimum Gasteiger partial charge on any atom is -0.355 e. The number of rotatable bonds is 5. The summed E-state index contributed by atoms with van der Waals surface area (Å²) in [5.41, 5.74) is 0. The van der Waals surface area contributed by atoms with Gasteiger partial charge in [0.2, 0.25) is 11.8 Å². The Morgan fingerprint density at radius 3 is 2.71 bits per heavy atom. The number of nitrogens with one attached hydrogen (secondary N) is 3. The highest BCUT2D eigenvalue weighted by atomic mass is 16.2. The summed E-state index contributed by atoms with van der Waals surface area (Å²) < 4.78 is 0. The molecule has 0 bridgehead atoms. The molecule has 2 amide bonds. The van der Waals surface area contributed by atoms with Crippen LogP contribution >= 0.6 is 0 Å². The molecule has 1 heterocycles. The standard InChI is InChI=1S/C11H22N4O2/c1-9-7-15(6-5-12-9)8-11(17)14-4-3-13-10(2)16/h9,12H,3-8H2,1-2H3,(H,13,16)(H,14,17)/t9-/m1/s1. The van der Waals surface area contributed by atoms with E-state index in [1.54, 1.807) is 0 Å². The van der Waals surface area contributed by atoms with Gasteiger partial charge in [0.25, 0.3) is 0 Å². The van der Waals surface area contributed by atoms with Crippen LogP contribution < -0.4 is 16.0 Å². The first-order valence-electron chi connectivity index (χ1n) is 6.05. The molecule has 0 aromatic carbocycles. The highest BCUT2D eigenvalue weighted by Crippen LogP contribution is 1.97. The van der Waals surface area contributed by atoms with Crippen molar-refractivity contribution in [2.75, 3.05) is 39.3 Å². The van der Waals surface area contributed by atoms with E-state index in [-0.39, 0.29) is 11.8 Å². The fraction of sp³-hybridized carbons (Fsp3) is 0.818. The van der Waals surface area contributed by atoms with Crippen molar-refractivity contribution < 1.29 is 9.59 Å². The van der Waals surface area contributed by atoms with Crippen LogP contribution in [0, 0.1) is 0 Å². The first-order valence-corrected chi connectivity index (χ1v) is 6.05. The summed E-state index contributed by atoms with van der Waals surface area (Å²) >= 11 is 0. The molecule has 17 heavy (non-hydrogen) atoms. The summed E-state index contributed by atoms with van der Waals surface area (Å²) in [7, 11) is 0. The van der Waals surface area contributed by atoms with Crippen LogP contribution in [0.5, 0.6) is 0 Å². The van der Waals surface area contributed by atoms with Crippen molar-refractivity contribution in [1.82, 2.24) is 20.9 Å². The Morgan fingerprint density at radius 2 is 2.06 bits per heavy atom. The largest absolute Gasteiger partial charge is 0.355 e. The SMILES string of the molecule is CC(=O)NCCNC(=O)CN1CCN[C@H](C)C1. The number of hydrogen-bond donors (Lipinski definition) is 3. The molecule has 1 fully saturated rings. The Labute approximate surface area is 102 Å². The Kier molecular flexibility index (Phi) is 5.93. The molecule has 1 aliphatic heterocycles. The van der Waals surface area contributed by atoms with E-state index in [1.807, 2.05) is 0 Å². The normalized spacial score (nSPS) is 20.9. The van der Waals surface area contributed by atoms with Crippen molar-refractivity contribution in [3.63, 3.8) is 0 Å². The lowest BCUT2D eigenvalue weighted by atomic mass is 10.2. The van der Waals surface area contributed by atoms with Crippen molar-refractivity contribution in [1.29, 1.82) is 0 Å². The number of amides is 2. The van der Waals surface area contributed by atoms with Gasteiger partial charge in [-0.05, 0) is 6.92 Å². The van der Waals surface area contributed by atoms with Gasteiger partial charge in [-0.3, -0.25) is 14.5 Å². The van der Waals surface area contributed by atoms with Gasteiger partial charge >= 0.3 is 0 Å². The van der Waals surface area contributed by atoms with Gasteiger partial charge in [-0.2, -0.15) is 0 Å². The molecule has 0 aromatic rings. The van der Waals surface area contributed by atoms with E-state index >= 15 is 0 Å². The maximum atomic E-state index is 11.6. The molecule has 0 saturated carbocycles. The predicted octanol–water partition coefficient (Wildman–Crippen LogP) is -1.47. The lowest BCUT2D eigenvalue weighted by Crippen LogP contribution is -2.52. The zero-order valence-electron chi connectivity index (χ0n) is 10.6. The molecule has 6 heteroatoms. The summed E-state index contributed by atoms with van der Waals surface area (Å²) in [5.74, 6) is -0.0559. The molecule has 0 unspecified atom stereocenters. The molecular weight excluding hydrogens is 220 g/mol. The van der Waals surface area contributed by atoms with Crippen LogP contribution in [0.1, 0.15) is 13.8 Å². The number of carbonyl (C=O) groups excluding carboxylic acids is 2. The van der Waals surface area contributed by atoms with Gasteiger partial charge in [-0.15, -0.1) is 0 Å². The van der Waals surface area contributed by atoms with E-state index in [1.165, 1.54) is 6.92 Å². The summed E-state index contributed by atoms with van der Waals surface area (Å²) in [6.07, 6.45) is 0. The topological polar surface area (TPSA) is 73.5 Å². The minimum absolute atomic E-state index is 0.0180. The van der Waals surface area contributed by atoms with Crippen molar-refractivity contribution in [2.45, 2.75) is 19.9 Å². The highest BCUT2D eigenvalue weighted by molar-refractivity contribution is 5.78. The van der Waals surface area contributed by atoms with Crippen molar-refractivity contribution in [2.24, 2.45) is 0 Å². The predicted molar refractivity (Wildman–Crippen MR) is 65.6 cm³/mol. The summed E-state index contributed by atoms with van der Waals surface area (Å²) in [6, 6.07) is 0.441. The summed E-state index contributed by atoms with van der Waals surface area (Å²) in [6.45, 7) is 7.72. The third-order valence-electron chi connectivity index (χ3n) is 2.64. The number of piperazine rings is 1. The molecular formula is C11H22N4O2. The zero-order valence-corrected chi connectivity index (χ0v) is 10.6. The molecule has 0 radical (unpaired) electrons. The highest BCUT2D eigenvalue weighted by Gasteiger charge is 2.17. The number of carbonyl (C=O) groups is 2. The Balaban J connectivity index is 2.09. The molecule has 0 spiro atoms. The second-order valence-electron chi connectivity index (χ2n) is 4.42. The third-order valence-corrected chi connectivity index (χ3v) is 2.64. The van der Waals surface area contributed by atoms with Crippen LogP contribution in [0.4, 0.5) is 0 Å². The quantitative estimate of drug-likeness (QED) is 0.515. The van der Waals surface area contributed by atoms with E-state index in [2.05, 4.69) is 27.8 Å². The molecule has 0 aliphatic carbocycles. The van der Waals surface area contributed by atoms with E-state index < -0.39 is 0 Å².